The summed E-state index contributed by atoms with van der Waals surface area (Å²) >= 11 is 1.45. The molecule has 1 unspecified atom stereocenters. The molecule has 0 bridgehead atoms. The Labute approximate surface area is 118 Å². The van der Waals surface area contributed by atoms with Gasteiger partial charge in [-0.3, -0.25) is 9.69 Å². The Bertz CT molecular complexity index is 434. The van der Waals surface area contributed by atoms with Gasteiger partial charge in [0, 0.05) is 31.6 Å². The van der Waals surface area contributed by atoms with E-state index in [0.717, 1.165) is 24.6 Å². The maximum Gasteiger partial charge on any atom is 0.273 e. The molecule has 5 nitrogen and oxygen atoms in total. The van der Waals surface area contributed by atoms with E-state index in [1.165, 1.54) is 24.2 Å². The largest absolute Gasteiger partial charge is 0.339 e. The molecule has 1 aliphatic rings. The molecular weight excluding hydrogens is 260 g/mol. The fourth-order valence-corrected chi connectivity index (χ4v) is 3.26. The van der Waals surface area contributed by atoms with Crippen LogP contribution in [0.4, 0.5) is 0 Å². The van der Waals surface area contributed by atoms with Crippen LogP contribution in [0.15, 0.2) is 5.38 Å². The SMILES string of the molecule is CCN1CCCC1CN(C)C(=O)c1csc(CN)n1. The lowest BCUT2D eigenvalue weighted by Gasteiger charge is -2.27. The van der Waals surface area contributed by atoms with Crippen LogP contribution in [-0.4, -0.2) is 53.4 Å². The zero-order valence-electron chi connectivity index (χ0n) is 11.6. The number of aromatic nitrogens is 1. The number of likely N-dealkylation sites (tertiary alicyclic amines) is 1. The molecule has 1 fully saturated rings. The van der Waals surface area contributed by atoms with Gasteiger partial charge in [0.05, 0.1) is 0 Å². The van der Waals surface area contributed by atoms with Crippen molar-refractivity contribution in [3.05, 3.63) is 16.1 Å². The predicted octanol–water partition coefficient (Wildman–Crippen LogP) is 1.16. The molecule has 1 amide bonds. The Morgan fingerprint density at radius 1 is 1.68 bits per heavy atom. The summed E-state index contributed by atoms with van der Waals surface area (Å²) < 4.78 is 0. The minimum Gasteiger partial charge on any atom is -0.339 e. The first kappa shape index (κ1) is 14.4. The average molecular weight is 282 g/mol. The van der Waals surface area contributed by atoms with Crippen molar-refractivity contribution in [2.24, 2.45) is 5.73 Å². The van der Waals surface area contributed by atoms with E-state index in [0.29, 0.717) is 18.3 Å². The molecule has 0 saturated carbocycles. The summed E-state index contributed by atoms with van der Waals surface area (Å²) in [5.41, 5.74) is 6.05. The quantitative estimate of drug-likeness (QED) is 0.880. The van der Waals surface area contributed by atoms with Gasteiger partial charge in [0.25, 0.3) is 5.91 Å². The molecule has 1 aromatic heterocycles. The van der Waals surface area contributed by atoms with Crippen molar-refractivity contribution in [1.82, 2.24) is 14.8 Å². The minimum atomic E-state index is -0.00102. The highest BCUT2D eigenvalue weighted by molar-refractivity contribution is 7.09. The fourth-order valence-electron chi connectivity index (χ4n) is 2.62. The van der Waals surface area contributed by atoms with Crippen molar-refractivity contribution in [2.75, 3.05) is 26.7 Å². The summed E-state index contributed by atoms with van der Waals surface area (Å²) in [5, 5.41) is 2.61. The molecule has 106 valence electrons. The van der Waals surface area contributed by atoms with Crippen molar-refractivity contribution in [3.8, 4) is 0 Å². The highest BCUT2D eigenvalue weighted by Gasteiger charge is 2.26. The lowest BCUT2D eigenvalue weighted by molar-refractivity contribution is 0.0749. The van der Waals surface area contributed by atoms with Crippen molar-refractivity contribution >= 4 is 17.2 Å². The highest BCUT2D eigenvalue weighted by Crippen LogP contribution is 2.18. The third kappa shape index (κ3) is 3.32. The summed E-state index contributed by atoms with van der Waals surface area (Å²) in [6.45, 7) is 5.56. The van der Waals surface area contributed by atoms with E-state index in [1.54, 1.807) is 10.3 Å². The topological polar surface area (TPSA) is 62.5 Å². The van der Waals surface area contributed by atoms with E-state index in [9.17, 15) is 4.79 Å². The van der Waals surface area contributed by atoms with Crippen molar-refractivity contribution in [1.29, 1.82) is 0 Å². The molecule has 2 heterocycles. The molecule has 6 heteroatoms. The summed E-state index contributed by atoms with van der Waals surface area (Å²) in [4.78, 5) is 20.7. The first-order chi connectivity index (χ1) is 9.15. The van der Waals surface area contributed by atoms with Crippen molar-refractivity contribution in [2.45, 2.75) is 32.4 Å². The van der Waals surface area contributed by atoms with E-state index in [-0.39, 0.29) is 5.91 Å². The van der Waals surface area contributed by atoms with E-state index in [4.69, 9.17) is 5.73 Å². The zero-order valence-corrected chi connectivity index (χ0v) is 12.4. The maximum absolute atomic E-state index is 12.3. The number of nitrogens with zero attached hydrogens (tertiary/aromatic N) is 3. The Morgan fingerprint density at radius 2 is 2.47 bits per heavy atom. The van der Waals surface area contributed by atoms with Gasteiger partial charge in [-0.05, 0) is 25.9 Å². The van der Waals surface area contributed by atoms with Gasteiger partial charge in [-0.25, -0.2) is 4.98 Å². The average Bonchev–Trinajstić information content (AvgIpc) is 3.06. The number of carbonyl (C=O) groups is 1. The molecule has 0 aliphatic carbocycles. The Kier molecular flexibility index (Phi) is 4.90. The van der Waals surface area contributed by atoms with Gasteiger partial charge in [0.2, 0.25) is 0 Å². The molecule has 2 N–H and O–H groups in total. The molecule has 1 aliphatic heterocycles. The number of hydrogen-bond donors (Lipinski definition) is 1. The van der Waals surface area contributed by atoms with E-state index >= 15 is 0 Å². The highest BCUT2D eigenvalue weighted by atomic mass is 32.1. The second-order valence-electron chi connectivity index (χ2n) is 4.94. The van der Waals surface area contributed by atoms with Crippen LogP contribution >= 0.6 is 11.3 Å². The zero-order chi connectivity index (χ0) is 13.8. The van der Waals surface area contributed by atoms with Crippen LogP contribution in [0, 0.1) is 0 Å². The van der Waals surface area contributed by atoms with Crippen LogP contribution in [0.25, 0.3) is 0 Å². The van der Waals surface area contributed by atoms with Crippen molar-refractivity contribution in [3.63, 3.8) is 0 Å². The van der Waals surface area contributed by atoms with Crippen LogP contribution in [0.1, 0.15) is 35.3 Å². The van der Waals surface area contributed by atoms with E-state index in [1.807, 2.05) is 7.05 Å². The maximum atomic E-state index is 12.3. The molecule has 0 radical (unpaired) electrons. The molecule has 0 aromatic carbocycles. The first-order valence-corrected chi connectivity index (χ1v) is 7.67. The van der Waals surface area contributed by atoms with Crippen LogP contribution in [-0.2, 0) is 6.54 Å². The van der Waals surface area contributed by atoms with Gasteiger partial charge < -0.3 is 10.6 Å². The molecule has 0 spiro atoms. The number of rotatable bonds is 5. The standard InChI is InChI=1S/C13H22N4OS/c1-3-17-6-4-5-10(17)8-16(2)13(18)11-9-19-12(7-14)15-11/h9-10H,3-8,14H2,1-2H3. The van der Waals surface area contributed by atoms with Gasteiger partial charge in [-0.15, -0.1) is 11.3 Å². The lowest BCUT2D eigenvalue weighted by Crippen LogP contribution is -2.41. The van der Waals surface area contributed by atoms with Gasteiger partial charge >= 0.3 is 0 Å². The van der Waals surface area contributed by atoms with E-state index in [2.05, 4.69) is 16.8 Å². The normalized spacial score (nSPS) is 19.8. The molecule has 1 saturated heterocycles. The van der Waals surface area contributed by atoms with E-state index < -0.39 is 0 Å². The fraction of sp³-hybridized carbons (Fsp3) is 0.692. The van der Waals surface area contributed by atoms with Gasteiger partial charge in [-0.1, -0.05) is 6.92 Å². The van der Waals surface area contributed by atoms with Crippen LogP contribution in [0.3, 0.4) is 0 Å². The third-order valence-electron chi connectivity index (χ3n) is 3.68. The lowest BCUT2D eigenvalue weighted by atomic mass is 10.2. The smallest absolute Gasteiger partial charge is 0.273 e. The van der Waals surface area contributed by atoms with Crippen LogP contribution < -0.4 is 5.73 Å². The Morgan fingerprint density at radius 3 is 3.11 bits per heavy atom. The first-order valence-electron chi connectivity index (χ1n) is 6.79. The summed E-state index contributed by atoms with van der Waals surface area (Å²) in [6.07, 6.45) is 2.41. The number of nitrogens with two attached hydrogens (primary N) is 1. The number of carbonyl (C=O) groups excluding carboxylic acids is 1. The van der Waals surface area contributed by atoms with Gasteiger partial charge in [-0.2, -0.15) is 0 Å². The Balaban J connectivity index is 1.95. The monoisotopic (exact) mass is 282 g/mol. The number of likely N-dealkylation sites (N-methyl/N-ethyl adjacent to an activating group) is 2. The van der Waals surface area contributed by atoms with Crippen LogP contribution in [0.5, 0.6) is 0 Å². The molecule has 1 aromatic rings. The molecular formula is C13H22N4OS. The van der Waals surface area contributed by atoms with Gasteiger partial charge in [0.15, 0.2) is 0 Å². The number of amides is 1. The van der Waals surface area contributed by atoms with Crippen LogP contribution in [0.2, 0.25) is 0 Å². The van der Waals surface area contributed by atoms with Crippen molar-refractivity contribution < 1.29 is 4.79 Å². The summed E-state index contributed by atoms with van der Waals surface area (Å²) in [5.74, 6) is -0.00102. The summed E-state index contributed by atoms with van der Waals surface area (Å²) in [6, 6.07) is 0.492. The summed E-state index contributed by atoms with van der Waals surface area (Å²) in [7, 11) is 1.86. The minimum absolute atomic E-state index is 0.00102. The Hall–Kier alpha value is -0.980. The number of hydrogen-bond acceptors (Lipinski definition) is 5. The third-order valence-corrected chi connectivity index (χ3v) is 4.55. The molecule has 19 heavy (non-hydrogen) atoms. The predicted molar refractivity (Wildman–Crippen MR) is 77.2 cm³/mol. The van der Waals surface area contributed by atoms with Gasteiger partial charge in [0.1, 0.15) is 10.7 Å². The number of thiazole rings is 1. The second kappa shape index (κ2) is 6.45. The molecule has 2 rings (SSSR count). The second-order valence-corrected chi connectivity index (χ2v) is 5.88. The molecule has 1 atom stereocenters.